The Morgan fingerprint density at radius 3 is 2.05 bits per heavy atom. The van der Waals surface area contributed by atoms with E-state index >= 15 is 0 Å². The maximum Gasteiger partial charge on any atom is 0.334 e. The molecule has 1 saturated carbocycles. The number of rotatable bonds is 8. The minimum absolute atomic E-state index is 0.143. The Labute approximate surface area is 134 Å². The summed E-state index contributed by atoms with van der Waals surface area (Å²) in [5.41, 5.74) is 1.14. The van der Waals surface area contributed by atoms with E-state index in [-0.39, 0.29) is 17.9 Å². The highest BCUT2D eigenvalue weighted by atomic mass is 16.5. The highest BCUT2D eigenvalue weighted by Gasteiger charge is 2.30. The summed E-state index contributed by atoms with van der Waals surface area (Å²) in [6, 6.07) is 0. The number of carbonyl (C=O) groups excluding carboxylic acids is 2. The van der Waals surface area contributed by atoms with Crippen LogP contribution in [0.5, 0.6) is 0 Å². The average Bonchev–Trinajstić information content (AvgIpc) is 2.52. The van der Waals surface area contributed by atoms with Crippen LogP contribution >= 0.6 is 0 Å². The Balaban J connectivity index is 3.15. The average molecular weight is 310 g/mol. The molecular weight excluding hydrogens is 280 g/mol. The SMILES string of the molecule is CCCCC(C(=O)OCC)=C(C(=O)OCC)C1CCCCC1. The van der Waals surface area contributed by atoms with Crippen molar-refractivity contribution in [1.82, 2.24) is 0 Å². The Morgan fingerprint density at radius 2 is 1.50 bits per heavy atom. The van der Waals surface area contributed by atoms with Crippen LogP contribution in [-0.2, 0) is 19.1 Å². The van der Waals surface area contributed by atoms with Gasteiger partial charge in [0.05, 0.1) is 18.8 Å². The molecule has 1 fully saturated rings. The molecule has 4 nitrogen and oxygen atoms in total. The molecule has 0 aromatic rings. The first-order valence-corrected chi connectivity index (χ1v) is 8.72. The van der Waals surface area contributed by atoms with Crippen molar-refractivity contribution in [2.75, 3.05) is 13.2 Å². The normalized spacial score (nSPS) is 16.9. The fourth-order valence-electron chi connectivity index (χ4n) is 3.05. The lowest BCUT2D eigenvalue weighted by atomic mass is 9.81. The van der Waals surface area contributed by atoms with E-state index < -0.39 is 0 Å². The zero-order valence-electron chi connectivity index (χ0n) is 14.3. The lowest BCUT2D eigenvalue weighted by Gasteiger charge is -2.25. The minimum atomic E-state index is -0.343. The third kappa shape index (κ3) is 5.47. The van der Waals surface area contributed by atoms with Crippen LogP contribution in [0, 0.1) is 5.92 Å². The van der Waals surface area contributed by atoms with E-state index in [1.807, 2.05) is 0 Å². The summed E-state index contributed by atoms with van der Waals surface area (Å²) in [4.78, 5) is 24.8. The third-order valence-electron chi connectivity index (χ3n) is 4.14. The van der Waals surface area contributed by atoms with Gasteiger partial charge in [0.2, 0.25) is 0 Å². The summed E-state index contributed by atoms with van der Waals surface area (Å²) < 4.78 is 10.4. The van der Waals surface area contributed by atoms with E-state index in [0.29, 0.717) is 30.8 Å². The Kier molecular flexibility index (Phi) is 8.86. The van der Waals surface area contributed by atoms with Gasteiger partial charge in [-0.15, -0.1) is 0 Å². The van der Waals surface area contributed by atoms with Gasteiger partial charge in [-0.25, -0.2) is 9.59 Å². The predicted molar refractivity (Wildman–Crippen MR) is 86.4 cm³/mol. The largest absolute Gasteiger partial charge is 0.463 e. The Morgan fingerprint density at radius 1 is 0.909 bits per heavy atom. The predicted octanol–water partition coefficient (Wildman–Crippen LogP) is 4.18. The molecule has 4 heteroatoms. The molecule has 1 aliphatic carbocycles. The van der Waals surface area contributed by atoms with Crippen molar-refractivity contribution in [3.63, 3.8) is 0 Å². The smallest absolute Gasteiger partial charge is 0.334 e. The van der Waals surface area contributed by atoms with E-state index in [2.05, 4.69) is 6.92 Å². The molecule has 126 valence electrons. The second-order valence-corrected chi connectivity index (χ2v) is 5.77. The summed E-state index contributed by atoms with van der Waals surface area (Å²) in [6.45, 7) is 6.33. The van der Waals surface area contributed by atoms with Crippen molar-refractivity contribution in [3.05, 3.63) is 11.1 Å². The molecule has 0 unspecified atom stereocenters. The molecule has 0 aliphatic heterocycles. The molecule has 0 radical (unpaired) electrons. The van der Waals surface area contributed by atoms with Crippen LogP contribution < -0.4 is 0 Å². The van der Waals surface area contributed by atoms with Crippen LogP contribution in [0.3, 0.4) is 0 Å². The fourth-order valence-corrected chi connectivity index (χ4v) is 3.05. The summed E-state index contributed by atoms with van der Waals surface area (Å²) in [5, 5.41) is 0. The molecule has 0 N–H and O–H groups in total. The van der Waals surface area contributed by atoms with E-state index in [1.165, 1.54) is 6.42 Å². The Hall–Kier alpha value is -1.32. The summed E-state index contributed by atoms with van der Waals surface area (Å²) >= 11 is 0. The van der Waals surface area contributed by atoms with Gasteiger partial charge in [0, 0.05) is 5.57 Å². The van der Waals surface area contributed by atoms with Crippen molar-refractivity contribution in [3.8, 4) is 0 Å². The standard InChI is InChI=1S/C18H30O4/c1-4-7-13-15(17(19)21-5-2)16(18(20)22-6-3)14-11-9-8-10-12-14/h14H,4-13H2,1-3H3. The van der Waals surface area contributed by atoms with E-state index in [4.69, 9.17) is 9.47 Å². The van der Waals surface area contributed by atoms with Crippen molar-refractivity contribution in [1.29, 1.82) is 0 Å². The van der Waals surface area contributed by atoms with Gasteiger partial charge < -0.3 is 9.47 Å². The molecule has 1 rings (SSSR count). The number of esters is 2. The second kappa shape index (κ2) is 10.4. The molecule has 0 spiro atoms. The maximum absolute atomic E-state index is 12.5. The van der Waals surface area contributed by atoms with Crippen molar-refractivity contribution in [2.24, 2.45) is 5.92 Å². The zero-order chi connectivity index (χ0) is 16.4. The van der Waals surface area contributed by atoms with Crippen LogP contribution in [0.25, 0.3) is 0 Å². The van der Waals surface area contributed by atoms with Crippen LogP contribution in [0.4, 0.5) is 0 Å². The maximum atomic E-state index is 12.5. The molecule has 0 bridgehead atoms. The van der Waals surface area contributed by atoms with Gasteiger partial charge in [0.25, 0.3) is 0 Å². The zero-order valence-corrected chi connectivity index (χ0v) is 14.3. The molecule has 0 aromatic heterocycles. The molecule has 1 aliphatic rings. The molecular formula is C18H30O4. The second-order valence-electron chi connectivity index (χ2n) is 5.77. The van der Waals surface area contributed by atoms with Crippen molar-refractivity contribution < 1.29 is 19.1 Å². The van der Waals surface area contributed by atoms with E-state index in [1.54, 1.807) is 13.8 Å². The number of unbranched alkanes of at least 4 members (excludes halogenated alkanes) is 1. The molecule has 0 atom stereocenters. The van der Waals surface area contributed by atoms with Crippen molar-refractivity contribution in [2.45, 2.75) is 72.1 Å². The quantitative estimate of drug-likeness (QED) is 0.498. The van der Waals surface area contributed by atoms with Gasteiger partial charge in [0.15, 0.2) is 0 Å². The minimum Gasteiger partial charge on any atom is -0.463 e. The molecule has 22 heavy (non-hydrogen) atoms. The Bertz CT molecular complexity index is 392. The van der Waals surface area contributed by atoms with Gasteiger partial charge in [-0.05, 0) is 45.4 Å². The van der Waals surface area contributed by atoms with Crippen LogP contribution in [0.2, 0.25) is 0 Å². The number of carbonyl (C=O) groups is 2. The number of hydrogen-bond donors (Lipinski definition) is 0. The summed E-state index contributed by atoms with van der Waals surface area (Å²) in [7, 11) is 0. The summed E-state index contributed by atoms with van der Waals surface area (Å²) in [5.74, 6) is -0.526. The fraction of sp³-hybridized carbons (Fsp3) is 0.778. The monoisotopic (exact) mass is 310 g/mol. The van der Waals surface area contributed by atoms with E-state index in [9.17, 15) is 9.59 Å². The van der Waals surface area contributed by atoms with Gasteiger partial charge >= 0.3 is 11.9 Å². The van der Waals surface area contributed by atoms with Gasteiger partial charge in [-0.2, -0.15) is 0 Å². The summed E-state index contributed by atoms with van der Waals surface area (Å²) in [6.07, 6.45) is 7.80. The van der Waals surface area contributed by atoms with Crippen LogP contribution in [-0.4, -0.2) is 25.2 Å². The third-order valence-corrected chi connectivity index (χ3v) is 4.14. The van der Waals surface area contributed by atoms with Crippen molar-refractivity contribution >= 4 is 11.9 Å². The number of ether oxygens (including phenoxy) is 2. The topological polar surface area (TPSA) is 52.6 Å². The van der Waals surface area contributed by atoms with Gasteiger partial charge in [0.1, 0.15) is 0 Å². The molecule has 0 amide bonds. The lowest BCUT2D eigenvalue weighted by molar-refractivity contribution is -0.142. The van der Waals surface area contributed by atoms with Gasteiger partial charge in [-0.1, -0.05) is 32.6 Å². The first-order chi connectivity index (χ1) is 10.7. The van der Waals surface area contributed by atoms with Crippen LogP contribution in [0.1, 0.15) is 72.1 Å². The molecule has 0 heterocycles. The van der Waals surface area contributed by atoms with Crippen LogP contribution in [0.15, 0.2) is 11.1 Å². The lowest BCUT2D eigenvalue weighted by Crippen LogP contribution is -2.24. The first-order valence-electron chi connectivity index (χ1n) is 8.72. The number of hydrogen-bond acceptors (Lipinski definition) is 4. The van der Waals surface area contributed by atoms with Gasteiger partial charge in [-0.3, -0.25) is 0 Å². The molecule has 0 aromatic carbocycles. The highest BCUT2D eigenvalue weighted by Crippen LogP contribution is 2.33. The highest BCUT2D eigenvalue weighted by molar-refractivity contribution is 6.00. The molecule has 0 saturated heterocycles. The first kappa shape index (κ1) is 18.7. The van der Waals surface area contributed by atoms with E-state index in [0.717, 1.165) is 38.5 Å².